The number of hydrogen-bond acceptors (Lipinski definition) is 2. The number of hydrogen-bond donors (Lipinski definition) is 1. The molecule has 0 bridgehead atoms. The van der Waals surface area contributed by atoms with Gasteiger partial charge in [0.05, 0.1) is 5.41 Å². The van der Waals surface area contributed by atoms with Crippen molar-refractivity contribution in [1.29, 1.82) is 0 Å². The monoisotopic (exact) mass is 225 g/mol. The predicted octanol–water partition coefficient (Wildman–Crippen LogP) is 2.55. The van der Waals surface area contributed by atoms with E-state index in [4.69, 9.17) is 11.6 Å². The number of carboxylic acids is 1. The Bertz CT molecular complexity index is 413. The molecule has 0 saturated heterocycles. The van der Waals surface area contributed by atoms with Gasteiger partial charge in [-0.2, -0.15) is 0 Å². The SMILES string of the molecule is Cc1cc(C2(C(=O)O)CCC2)cnc1Cl. The summed E-state index contributed by atoms with van der Waals surface area (Å²) in [4.78, 5) is 15.3. The minimum absolute atomic E-state index is 0.443. The fourth-order valence-electron chi connectivity index (χ4n) is 1.98. The highest BCUT2D eigenvalue weighted by Gasteiger charge is 2.46. The Kier molecular flexibility index (Phi) is 2.43. The van der Waals surface area contributed by atoms with Gasteiger partial charge in [0.25, 0.3) is 0 Å². The predicted molar refractivity (Wildman–Crippen MR) is 57.1 cm³/mol. The van der Waals surface area contributed by atoms with Crippen molar-refractivity contribution >= 4 is 17.6 Å². The van der Waals surface area contributed by atoms with Gasteiger partial charge in [-0.1, -0.05) is 24.1 Å². The molecule has 3 nitrogen and oxygen atoms in total. The lowest BCUT2D eigenvalue weighted by Gasteiger charge is -2.37. The van der Waals surface area contributed by atoms with E-state index in [-0.39, 0.29) is 0 Å². The Balaban J connectivity index is 2.44. The minimum atomic E-state index is -0.753. The number of carbonyl (C=O) groups is 1. The average Bonchev–Trinajstić information content (AvgIpc) is 2.08. The summed E-state index contributed by atoms with van der Waals surface area (Å²) >= 11 is 5.81. The molecule has 0 radical (unpaired) electrons. The van der Waals surface area contributed by atoms with E-state index in [2.05, 4.69) is 4.98 Å². The number of rotatable bonds is 2. The van der Waals surface area contributed by atoms with Crippen molar-refractivity contribution in [3.63, 3.8) is 0 Å². The summed E-state index contributed by atoms with van der Waals surface area (Å²) in [5.74, 6) is -0.753. The van der Waals surface area contributed by atoms with Crippen LogP contribution in [0.15, 0.2) is 12.3 Å². The van der Waals surface area contributed by atoms with Crippen LogP contribution >= 0.6 is 11.6 Å². The van der Waals surface area contributed by atoms with Gasteiger partial charge in [-0.15, -0.1) is 0 Å². The van der Waals surface area contributed by atoms with Gasteiger partial charge in [-0.3, -0.25) is 4.79 Å². The van der Waals surface area contributed by atoms with E-state index in [1.165, 1.54) is 0 Å². The van der Waals surface area contributed by atoms with Crippen LogP contribution < -0.4 is 0 Å². The lowest BCUT2D eigenvalue weighted by atomic mass is 9.65. The molecule has 0 atom stereocenters. The molecule has 0 spiro atoms. The Hall–Kier alpha value is -1.09. The molecule has 1 aliphatic carbocycles. The highest BCUT2D eigenvalue weighted by atomic mass is 35.5. The van der Waals surface area contributed by atoms with Gasteiger partial charge in [0, 0.05) is 6.20 Å². The van der Waals surface area contributed by atoms with Crippen LogP contribution in [0.2, 0.25) is 5.15 Å². The smallest absolute Gasteiger partial charge is 0.314 e. The summed E-state index contributed by atoms with van der Waals surface area (Å²) in [6.45, 7) is 1.84. The second-order valence-electron chi connectivity index (χ2n) is 4.07. The highest BCUT2D eigenvalue weighted by Crippen LogP contribution is 2.44. The van der Waals surface area contributed by atoms with Gasteiger partial charge in [0.15, 0.2) is 0 Å². The topological polar surface area (TPSA) is 50.2 Å². The molecule has 1 aromatic rings. The van der Waals surface area contributed by atoms with Crippen molar-refractivity contribution in [3.8, 4) is 0 Å². The maximum absolute atomic E-state index is 11.2. The first-order valence-corrected chi connectivity index (χ1v) is 5.30. The molecular weight excluding hydrogens is 214 g/mol. The first-order valence-electron chi connectivity index (χ1n) is 4.92. The zero-order chi connectivity index (χ0) is 11.1. The molecule has 2 rings (SSSR count). The molecule has 0 aliphatic heterocycles. The van der Waals surface area contributed by atoms with E-state index in [9.17, 15) is 9.90 Å². The molecule has 80 valence electrons. The Labute approximate surface area is 93.1 Å². The first kappa shape index (κ1) is 10.4. The van der Waals surface area contributed by atoms with E-state index in [0.29, 0.717) is 18.0 Å². The van der Waals surface area contributed by atoms with Crippen molar-refractivity contribution in [2.45, 2.75) is 31.6 Å². The van der Waals surface area contributed by atoms with Crippen LogP contribution in [-0.4, -0.2) is 16.1 Å². The molecular formula is C11H12ClNO2. The van der Waals surface area contributed by atoms with Crippen LogP contribution in [0.5, 0.6) is 0 Å². The lowest BCUT2D eigenvalue weighted by molar-refractivity contribution is -0.147. The fourth-order valence-corrected chi connectivity index (χ4v) is 2.08. The molecule has 1 N–H and O–H groups in total. The molecule has 0 unspecified atom stereocenters. The van der Waals surface area contributed by atoms with Crippen LogP contribution in [-0.2, 0) is 10.2 Å². The molecule has 0 amide bonds. The van der Waals surface area contributed by atoms with E-state index in [0.717, 1.165) is 17.5 Å². The normalized spacial score (nSPS) is 18.3. The Morgan fingerprint density at radius 1 is 1.60 bits per heavy atom. The van der Waals surface area contributed by atoms with E-state index in [1.807, 2.05) is 13.0 Å². The summed E-state index contributed by atoms with van der Waals surface area (Å²) in [6.07, 6.45) is 3.95. The summed E-state index contributed by atoms with van der Waals surface area (Å²) in [6, 6.07) is 1.84. The van der Waals surface area contributed by atoms with Crippen molar-refractivity contribution in [3.05, 3.63) is 28.5 Å². The summed E-state index contributed by atoms with van der Waals surface area (Å²) in [7, 11) is 0. The number of carboxylic acid groups (broad SMARTS) is 1. The number of halogens is 1. The number of aryl methyl sites for hydroxylation is 1. The largest absolute Gasteiger partial charge is 0.481 e. The third-order valence-corrected chi connectivity index (χ3v) is 3.58. The summed E-state index contributed by atoms with van der Waals surface area (Å²) in [5.41, 5.74) is 0.910. The van der Waals surface area contributed by atoms with E-state index in [1.54, 1.807) is 6.20 Å². The van der Waals surface area contributed by atoms with Crippen LogP contribution in [0.4, 0.5) is 0 Å². The molecule has 1 aromatic heterocycles. The van der Waals surface area contributed by atoms with Gasteiger partial charge >= 0.3 is 5.97 Å². The van der Waals surface area contributed by atoms with Gasteiger partial charge in [-0.05, 0) is 30.9 Å². The van der Waals surface area contributed by atoms with Crippen LogP contribution in [0, 0.1) is 6.92 Å². The summed E-state index contributed by atoms with van der Waals surface area (Å²) in [5, 5.41) is 9.68. The van der Waals surface area contributed by atoms with Crippen molar-refractivity contribution < 1.29 is 9.90 Å². The molecule has 1 saturated carbocycles. The van der Waals surface area contributed by atoms with Crippen molar-refractivity contribution in [1.82, 2.24) is 4.98 Å². The quantitative estimate of drug-likeness (QED) is 0.787. The van der Waals surface area contributed by atoms with Crippen LogP contribution in [0.1, 0.15) is 30.4 Å². The molecule has 4 heteroatoms. The molecule has 1 fully saturated rings. The van der Waals surface area contributed by atoms with Gasteiger partial charge in [0.2, 0.25) is 0 Å². The summed E-state index contributed by atoms with van der Waals surface area (Å²) < 4.78 is 0. The highest BCUT2D eigenvalue weighted by molar-refractivity contribution is 6.30. The maximum Gasteiger partial charge on any atom is 0.314 e. The third kappa shape index (κ3) is 1.51. The van der Waals surface area contributed by atoms with E-state index < -0.39 is 11.4 Å². The van der Waals surface area contributed by atoms with Crippen LogP contribution in [0.3, 0.4) is 0 Å². The number of aliphatic carboxylic acids is 1. The standard InChI is InChI=1S/C11H12ClNO2/c1-7-5-8(6-13-9(7)12)11(10(14)15)3-2-4-11/h5-6H,2-4H2,1H3,(H,14,15). The second kappa shape index (κ2) is 3.49. The van der Waals surface area contributed by atoms with Gasteiger partial charge in [-0.25, -0.2) is 4.98 Å². The van der Waals surface area contributed by atoms with E-state index >= 15 is 0 Å². The van der Waals surface area contributed by atoms with Crippen LogP contribution in [0.25, 0.3) is 0 Å². The van der Waals surface area contributed by atoms with Crippen molar-refractivity contribution in [2.75, 3.05) is 0 Å². The average molecular weight is 226 g/mol. The molecule has 1 aliphatic rings. The minimum Gasteiger partial charge on any atom is -0.481 e. The molecule has 1 heterocycles. The fraction of sp³-hybridized carbons (Fsp3) is 0.455. The van der Waals surface area contributed by atoms with Crippen molar-refractivity contribution in [2.24, 2.45) is 0 Å². The van der Waals surface area contributed by atoms with Gasteiger partial charge in [0.1, 0.15) is 5.15 Å². The first-order chi connectivity index (χ1) is 7.06. The Morgan fingerprint density at radius 3 is 2.67 bits per heavy atom. The third-order valence-electron chi connectivity index (χ3n) is 3.18. The Morgan fingerprint density at radius 2 is 2.27 bits per heavy atom. The molecule has 0 aromatic carbocycles. The second-order valence-corrected chi connectivity index (χ2v) is 4.43. The zero-order valence-corrected chi connectivity index (χ0v) is 9.21. The number of aromatic nitrogens is 1. The maximum atomic E-state index is 11.2. The number of pyridine rings is 1. The number of nitrogens with zero attached hydrogens (tertiary/aromatic N) is 1. The molecule has 15 heavy (non-hydrogen) atoms. The lowest BCUT2D eigenvalue weighted by Crippen LogP contribution is -2.42. The zero-order valence-electron chi connectivity index (χ0n) is 8.46. The van der Waals surface area contributed by atoms with Gasteiger partial charge < -0.3 is 5.11 Å².